The van der Waals surface area contributed by atoms with E-state index in [1.807, 2.05) is 0 Å². The standard InChI is InChI=1S/C20H31N5/c1-5-9-25-15-18(17(4)22-25)14-23-10-12-24(13-11-23)20-8-6-7-19(21-20)16(2)3/h6-8,15-16H,5,9-14H2,1-4H3. The van der Waals surface area contributed by atoms with Crippen LogP contribution in [0.2, 0.25) is 0 Å². The molecule has 0 radical (unpaired) electrons. The summed E-state index contributed by atoms with van der Waals surface area (Å²) in [4.78, 5) is 9.78. The predicted octanol–water partition coefficient (Wildman–Crippen LogP) is 3.44. The normalized spacial score (nSPS) is 16.0. The molecule has 0 amide bonds. The molecule has 1 aliphatic rings. The Labute approximate surface area is 151 Å². The van der Waals surface area contributed by atoms with Gasteiger partial charge in [-0.15, -0.1) is 0 Å². The number of rotatable bonds is 6. The topological polar surface area (TPSA) is 37.2 Å². The van der Waals surface area contributed by atoms with E-state index in [-0.39, 0.29) is 0 Å². The van der Waals surface area contributed by atoms with Crippen molar-refractivity contribution in [1.29, 1.82) is 0 Å². The van der Waals surface area contributed by atoms with Gasteiger partial charge >= 0.3 is 0 Å². The second kappa shape index (κ2) is 8.00. The van der Waals surface area contributed by atoms with Crippen LogP contribution in [0.1, 0.15) is 50.1 Å². The lowest BCUT2D eigenvalue weighted by Crippen LogP contribution is -2.46. The molecule has 0 atom stereocenters. The first kappa shape index (κ1) is 17.9. The van der Waals surface area contributed by atoms with Gasteiger partial charge in [-0.25, -0.2) is 4.98 Å². The second-order valence-corrected chi connectivity index (χ2v) is 7.34. The number of piperazine rings is 1. The van der Waals surface area contributed by atoms with Crippen molar-refractivity contribution in [3.63, 3.8) is 0 Å². The summed E-state index contributed by atoms with van der Waals surface area (Å²) in [6.45, 7) is 15.0. The molecule has 0 saturated carbocycles. The smallest absolute Gasteiger partial charge is 0.128 e. The molecule has 0 unspecified atom stereocenters. The summed E-state index contributed by atoms with van der Waals surface area (Å²) in [7, 11) is 0. The van der Waals surface area contributed by atoms with Gasteiger partial charge in [0.25, 0.3) is 0 Å². The van der Waals surface area contributed by atoms with Crippen LogP contribution in [0.5, 0.6) is 0 Å². The van der Waals surface area contributed by atoms with Gasteiger partial charge in [-0.3, -0.25) is 9.58 Å². The van der Waals surface area contributed by atoms with Gasteiger partial charge in [0.05, 0.1) is 5.69 Å². The van der Waals surface area contributed by atoms with E-state index in [0.717, 1.165) is 51.5 Å². The molecule has 1 saturated heterocycles. The Balaban J connectivity index is 1.58. The van der Waals surface area contributed by atoms with Crippen molar-refractivity contribution in [2.45, 2.75) is 53.1 Å². The predicted molar refractivity (Wildman–Crippen MR) is 103 cm³/mol. The molecule has 1 fully saturated rings. The number of hydrogen-bond donors (Lipinski definition) is 0. The fourth-order valence-electron chi connectivity index (χ4n) is 3.37. The summed E-state index contributed by atoms with van der Waals surface area (Å²) >= 11 is 0. The average molecular weight is 342 g/mol. The first-order valence-corrected chi connectivity index (χ1v) is 9.54. The monoisotopic (exact) mass is 341 g/mol. The maximum Gasteiger partial charge on any atom is 0.128 e. The third-order valence-electron chi connectivity index (χ3n) is 4.94. The molecule has 3 rings (SSSR count). The van der Waals surface area contributed by atoms with Crippen molar-refractivity contribution in [3.05, 3.63) is 41.3 Å². The molecule has 0 aliphatic carbocycles. The average Bonchev–Trinajstić information content (AvgIpc) is 2.95. The Morgan fingerprint density at radius 1 is 1.12 bits per heavy atom. The van der Waals surface area contributed by atoms with Gasteiger partial charge < -0.3 is 4.90 Å². The van der Waals surface area contributed by atoms with Crippen molar-refractivity contribution in [1.82, 2.24) is 19.7 Å². The van der Waals surface area contributed by atoms with Crippen LogP contribution >= 0.6 is 0 Å². The minimum Gasteiger partial charge on any atom is -0.354 e. The molecule has 2 aromatic rings. The summed E-state index contributed by atoms with van der Waals surface area (Å²) < 4.78 is 2.09. The minimum atomic E-state index is 0.476. The molecule has 1 aliphatic heterocycles. The molecule has 0 N–H and O–H groups in total. The third kappa shape index (κ3) is 4.40. The molecule has 5 heteroatoms. The minimum absolute atomic E-state index is 0.476. The maximum atomic E-state index is 4.84. The van der Waals surface area contributed by atoms with E-state index in [4.69, 9.17) is 4.98 Å². The number of aryl methyl sites for hydroxylation is 2. The van der Waals surface area contributed by atoms with E-state index in [1.165, 1.54) is 17.0 Å². The zero-order chi connectivity index (χ0) is 17.8. The molecule has 5 nitrogen and oxygen atoms in total. The number of hydrogen-bond acceptors (Lipinski definition) is 4. The Morgan fingerprint density at radius 2 is 1.88 bits per heavy atom. The SMILES string of the molecule is CCCn1cc(CN2CCN(c3cccc(C(C)C)n3)CC2)c(C)n1. The molecular formula is C20H31N5. The van der Waals surface area contributed by atoms with Crippen molar-refractivity contribution >= 4 is 5.82 Å². The lowest BCUT2D eigenvalue weighted by molar-refractivity contribution is 0.249. The molecular weight excluding hydrogens is 310 g/mol. The number of anilines is 1. The van der Waals surface area contributed by atoms with Crippen molar-refractivity contribution in [2.75, 3.05) is 31.1 Å². The van der Waals surface area contributed by atoms with Crippen LogP contribution in [0.15, 0.2) is 24.4 Å². The molecule has 0 bridgehead atoms. The van der Waals surface area contributed by atoms with Crippen LogP contribution in [0.4, 0.5) is 5.82 Å². The van der Waals surface area contributed by atoms with Crippen LogP contribution in [0.3, 0.4) is 0 Å². The number of pyridine rings is 1. The van der Waals surface area contributed by atoms with Crippen LogP contribution < -0.4 is 4.90 Å². The lowest BCUT2D eigenvalue weighted by Gasteiger charge is -2.35. The Bertz CT molecular complexity index is 683. The Morgan fingerprint density at radius 3 is 2.56 bits per heavy atom. The van der Waals surface area contributed by atoms with Crippen LogP contribution in [-0.4, -0.2) is 45.8 Å². The van der Waals surface area contributed by atoms with Crippen molar-refractivity contribution < 1.29 is 0 Å². The highest BCUT2D eigenvalue weighted by atomic mass is 15.3. The van der Waals surface area contributed by atoms with Gasteiger partial charge in [0.1, 0.15) is 5.82 Å². The molecule has 25 heavy (non-hydrogen) atoms. The largest absolute Gasteiger partial charge is 0.354 e. The zero-order valence-corrected chi connectivity index (χ0v) is 16.1. The van der Waals surface area contributed by atoms with E-state index < -0.39 is 0 Å². The van der Waals surface area contributed by atoms with Gasteiger partial charge in [-0.1, -0.05) is 26.8 Å². The van der Waals surface area contributed by atoms with E-state index in [2.05, 4.69) is 71.7 Å². The van der Waals surface area contributed by atoms with Gasteiger partial charge in [-0.2, -0.15) is 5.10 Å². The summed E-state index contributed by atoms with van der Waals surface area (Å²) in [6, 6.07) is 6.40. The summed E-state index contributed by atoms with van der Waals surface area (Å²) in [5.74, 6) is 1.60. The first-order valence-electron chi connectivity index (χ1n) is 9.54. The van der Waals surface area contributed by atoms with Crippen molar-refractivity contribution in [3.8, 4) is 0 Å². The van der Waals surface area contributed by atoms with Crippen LogP contribution in [0.25, 0.3) is 0 Å². The van der Waals surface area contributed by atoms with E-state index in [0.29, 0.717) is 5.92 Å². The van der Waals surface area contributed by atoms with E-state index >= 15 is 0 Å². The molecule has 0 spiro atoms. The molecule has 136 valence electrons. The molecule has 3 heterocycles. The molecule has 2 aromatic heterocycles. The summed E-state index contributed by atoms with van der Waals surface area (Å²) in [5.41, 5.74) is 3.71. The molecule has 0 aromatic carbocycles. The fraction of sp³-hybridized carbons (Fsp3) is 0.600. The Hall–Kier alpha value is -1.88. The van der Waals surface area contributed by atoms with Crippen molar-refractivity contribution in [2.24, 2.45) is 0 Å². The maximum absolute atomic E-state index is 4.84. The van der Waals surface area contributed by atoms with E-state index in [1.54, 1.807) is 0 Å². The van der Waals surface area contributed by atoms with Gasteiger partial charge in [0.15, 0.2) is 0 Å². The number of aromatic nitrogens is 3. The Kier molecular flexibility index (Phi) is 5.74. The van der Waals surface area contributed by atoms with Crippen LogP contribution in [0, 0.1) is 6.92 Å². The third-order valence-corrected chi connectivity index (χ3v) is 4.94. The first-order chi connectivity index (χ1) is 12.1. The van der Waals surface area contributed by atoms with Gasteiger partial charge in [0, 0.05) is 56.7 Å². The van der Waals surface area contributed by atoms with Crippen LogP contribution in [-0.2, 0) is 13.1 Å². The summed E-state index contributed by atoms with van der Waals surface area (Å²) in [5, 5.41) is 4.62. The highest BCUT2D eigenvalue weighted by Gasteiger charge is 2.19. The summed E-state index contributed by atoms with van der Waals surface area (Å²) in [6.07, 6.45) is 3.35. The van der Waals surface area contributed by atoms with E-state index in [9.17, 15) is 0 Å². The zero-order valence-electron chi connectivity index (χ0n) is 16.1. The van der Waals surface area contributed by atoms with Gasteiger partial charge in [-0.05, 0) is 31.4 Å². The fourth-order valence-corrected chi connectivity index (χ4v) is 3.37. The lowest BCUT2D eigenvalue weighted by atomic mass is 10.1. The second-order valence-electron chi connectivity index (χ2n) is 7.34. The highest BCUT2D eigenvalue weighted by Crippen LogP contribution is 2.19. The quantitative estimate of drug-likeness (QED) is 0.806. The highest BCUT2D eigenvalue weighted by molar-refractivity contribution is 5.40. The number of nitrogens with zero attached hydrogens (tertiary/aromatic N) is 5. The van der Waals surface area contributed by atoms with Gasteiger partial charge in [0.2, 0.25) is 0 Å².